The minimum absolute atomic E-state index is 0.334. The average molecular weight is 234 g/mol. The summed E-state index contributed by atoms with van der Waals surface area (Å²) in [6.07, 6.45) is 2.89. The van der Waals surface area contributed by atoms with Crippen LogP contribution < -0.4 is 0 Å². The molecule has 0 amide bonds. The molecule has 0 atom stereocenters. The number of carbonyl (C=O) groups excluding carboxylic acids is 1. The van der Waals surface area contributed by atoms with E-state index in [9.17, 15) is 4.79 Å². The first-order valence-electron chi connectivity index (χ1n) is 5.15. The smallest absolute Gasteiger partial charge is 0.330 e. The van der Waals surface area contributed by atoms with Gasteiger partial charge in [0.15, 0.2) is 0 Å². The van der Waals surface area contributed by atoms with Gasteiger partial charge in [0.2, 0.25) is 0 Å². The number of nitrogens with zero attached hydrogens (tertiary/aromatic N) is 1. The largest absolute Gasteiger partial charge is 0.457 e. The van der Waals surface area contributed by atoms with Crippen LogP contribution in [0.15, 0.2) is 12.7 Å². The van der Waals surface area contributed by atoms with Crippen molar-refractivity contribution in [3.05, 3.63) is 12.7 Å². The van der Waals surface area contributed by atoms with Crippen molar-refractivity contribution < 1.29 is 14.0 Å². The van der Waals surface area contributed by atoms with Crippen LogP contribution in [0.5, 0.6) is 0 Å². The standard InChI is InChI=1S/C10H20NO2.CH4S/c1-5-10(12)13-9-8-11(4,6-2)7-3;1-2/h5H,1,6-9H2,2-4H3;2H,1H3/q+1;. The van der Waals surface area contributed by atoms with Crippen LogP contribution in [0.4, 0.5) is 0 Å². The molecule has 0 N–H and O–H groups in total. The number of thiol groups is 1. The van der Waals surface area contributed by atoms with Crippen LogP contribution in [0.1, 0.15) is 13.8 Å². The molecule has 0 aliphatic carbocycles. The van der Waals surface area contributed by atoms with Gasteiger partial charge in [-0.05, 0) is 20.1 Å². The Kier molecular flexibility index (Phi) is 11.3. The Morgan fingerprint density at radius 2 is 1.87 bits per heavy atom. The molecule has 4 heteroatoms. The van der Waals surface area contributed by atoms with Crippen LogP contribution in [0.2, 0.25) is 0 Å². The van der Waals surface area contributed by atoms with Gasteiger partial charge in [-0.3, -0.25) is 0 Å². The molecule has 0 unspecified atom stereocenters. The van der Waals surface area contributed by atoms with E-state index in [2.05, 4.69) is 40.1 Å². The van der Waals surface area contributed by atoms with Crippen molar-refractivity contribution in [2.75, 3.05) is 39.5 Å². The number of hydrogen-bond donors (Lipinski definition) is 1. The highest BCUT2D eigenvalue weighted by Crippen LogP contribution is 2.00. The lowest BCUT2D eigenvalue weighted by atomic mass is 10.4. The summed E-state index contributed by atoms with van der Waals surface area (Å²) in [7, 11) is 2.15. The molecular weight excluding hydrogens is 210 g/mol. The fourth-order valence-electron chi connectivity index (χ4n) is 0.965. The Bertz CT molecular complexity index is 179. The highest BCUT2D eigenvalue weighted by Gasteiger charge is 2.16. The van der Waals surface area contributed by atoms with Gasteiger partial charge in [0, 0.05) is 6.08 Å². The van der Waals surface area contributed by atoms with E-state index in [0.29, 0.717) is 6.61 Å². The molecule has 0 rings (SSSR count). The van der Waals surface area contributed by atoms with Crippen LogP contribution in [-0.4, -0.2) is 50.0 Å². The van der Waals surface area contributed by atoms with E-state index < -0.39 is 0 Å². The number of likely N-dealkylation sites (N-methyl/N-ethyl adjacent to an activating group) is 1. The minimum atomic E-state index is -0.334. The van der Waals surface area contributed by atoms with Crippen LogP contribution in [0.25, 0.3) is 0 Å². The molecule has 0 aromatic rings. The van der Waals surface area contributed by atoms with Gasteiger partial charge in [-0.2, -0.15) is 12.6 Å². The van der Waals surface area contributed by atoms with Crippen LogP contribution in [0.3, 0.4) is 0 Å². The topological polar surface area (TPSA) is 26.3 Å². The number of quaternary nitrogens is 1. The average Bonchev–Trinajstić information content (AvgIpc) is 2.31. The lowest BCUT2D eigenvalue weighted by Crippen LogP contribution is -2.46. The number of hydrogen-bond acceptors (Lipinski definition) is 3. The van der Waals surface area contributed by atoms with E-state index in [1.807, 2.05) is 0 Å². The van der Waals surface area contributed by atoms with Crippen molar-refractivity contribution in [3.63, 3.8) is 0 Å². The lowest BCUT2D eigenvalue weighted by molar-refractivity contribution is -0.906. The van der Waals surface area contributed by atoms with E-state index in [-0.39, 0.29) is 5.97 Å². The summed E-state index contributed by atoms with van der Waals surface area (Å²) in [6, 6.07) is 0. The van der Waals surface area contributed by atoms with E-state index >= 15 is 0 Å². The maximum Gasteiger partial charge on any atom is 0.330 e. The van der Waals surface area contributed by atoms with Crippen molar-refractivity contribution in [2.45, 2.75) is 13.8 Å². The third kappa shape index (κ3) is 8.51. The van der Waals surface area contributed by atoms with Crippen LogP contribution in [-0.2, 0) is 9.53 Å². The molecule has 15 heavy (non-hydrogen) atoms. The molecule has 0 saturated carbocycles. The Balaban J connectivity index is 0. The summed E-state index contributed by atoms with van der Waals surface area (Å²) in [5.41, 5.74) is 0. The van der Waals surface area contributed by atoms with Gasteiger partial charge in [-0.25, -0.2) is 4.79 Å². The third-order valence-corrected chi connectivity index (χ3v) is 2.57. The van der Waals surface area contributed by atoms with Crippen molar-refractivity contribution in [1.29, 1.82) is 0 Å². The monoisotopic (exact) mass is 234 g/mol. The Morgan fingerprint density at radius 3 is 2.20 bits per heavy atom. The van der Waals surface area contributed by atoms with Crippen LogP contribution >= 0.6 is 12.6 Å². The van der Waals surface area contributed by atoms with E-state index in [1.165, 1.54) is 6.08 Å². The molecule has 0 radical (unpaired) electrons. The van der Waals surface area contributed by atoms with Gasteiger partial charge in [-0.15, -0.1) is 0 Å². The SMILES string of the molecule is C=CC(=O)OCC[N+](C)(CC)CC.CS. The van der Waals surface area contributed by atoms with Crippen LogP contribution in [0, 0.1) is 0 Å². The second-order valence-corrected chi connectivity index (χ2v) is 3.35. The number of rotatable bonds is 6. The van der Waals surface area contributed by atoms with Crippen molar-refractivity contribution in [1.82, 2.24) is 0 Å². The molecule has 3 nitrogen and oxygen atoms in total. The number of ether oxygens (including phenoxy) is 1. The summed E-state index contributed by atoms with van der Waals surface area (Å²) in [4.78, 5) is 10.7. The molecule has 0 heterocycles. The maximum atomic E-state index is 10.7. The van der Waals surface area contributed by atoms with Crippen molar-refractivity contribution in [2.24, 2.45) is 0 Å². The van der Waals surface area contributed by atoms with E-state index in [1.54, 1.807) is 6.26 Å². The number of esters is 1. The lowest BCUT2D eigenvalue weighted by Gasteiger charge is -2.31. The Morgan fingerprint density at radius 1 is 1.40 bits per heavy atom. The zero-order valence-corrected chi connectivity index (χ0v) is 11.2. The second kappa shape index (κ2) is 10.1. The minimum Gasteiger partial charge on any atom is -0.457 e. The maximum absolute atomic E-state index is 10.7. The second-order valence-electron chi connectivity index (χ2n) is 3.35. The predicted molar refractivity (Wildman–Crippen MR) is 68.2 cm³/mol. The zero-order chi connectivity index (χ0) is 12.3. The quantitative estimate of drug-likeness (QED) is 0.328. The zero-order valence-electron chi connectivity index (χ0n) is 10.3. The van der Waals surface area contributed by atoms with Gasteiger partial charge < -0.3 is 9.22 Å². The molecule has 0 spiro atoms. The van der Waals surface area contributed by atoms with Crippen molar-refractivity contribution in [3.8, 4) is 0 Å². The molecular formula is C11H24NO2S+. The summed E-state index contributed by atoms with van der Waals surface area (Å²) < 4.78 is 5.85. The van der Waals surface area contributed by atoms with Gasteiger partial charge in [0.1, 0.15) is 13.2 Å². The van der Waals surface area contributed by atoms with Gasteiger partial charge >= 0.3 is 5.97 Å². The fraction of sp³-hybridized carbons (Fsp3) is 0.727. The first-order valence-corrected chi connectivity index (χ1v) is 6.05. The molecule has 0 fully saturated rings. The summed E-state index contributed by atoms with van der Waals surface area (Å²) in [5, 5.41) is 0. The third-order valence-electron chi connectivity index (χ3n) is 2.57. The molecule has 0 bridgehead atoms. The first-order chi connectivity index (χ1) is 7.08. The Hall–Kier alpha value is -0.480. The first kappa shape index (κ1) is 16.9. The van der Waals surface area contributed by atoms with E-state index in [0.717, 1.165) is 24.1 Å². The normalized spacial score (nSPS) is 9.93. The summed E-state index contributed by atoms with van der Waals surface area (Å²) >= 11 is 3.53. The fourth-order valence-corrected chi connectivity index (χ4v) is 0.965. The molecule has 0 aromatic heterocycles. The predicted octanol–water partition coefficient (Wildman–Crippen LogP) is 1.75. The van der Waals surface area contributed by atoms with Crippen molar-refractivity contribution >= 4 is 18.6 Å². The molecule has 0 saturated heterocycles. The molecule has 0 aliphatic heterocycles. The Labute approximate surface area is 99.1 Å². The van der Waals surface area contributed by atoms with Gasteiger partial charge in [0.05, 0.1) is 20.1 Å². The number of carbonyl (C=O) groups is 1. The summed E-state index contributed by atoms with van der Waals surface area (Å²) in [5.74, 6) is -0.334. The molecule has 0 aromatic carbocycles. The summed E-state index contributed by atoms with van der Waals surface area (Å²) in [6.45, 7) is 11.1. The molecule has 0 aliphatic rings. The van der Waals surface area contributed by atoms with E-state index in [4.69, 9.17) is 4.74 Å². The van der Waals surface area contributed by atoms with Gasteiger partial charge in [-0.1, -0.05) is 6.58 Å². The van der Waals surface area contributed by atoms with Gasteiger partial charge in [0.25, 0.3) is 0 Å². The highest BCUT2D eigenvalue weighted by atomic mass is 32.1. The molecule has 90 valence electrons. The highest BCUT2D eigenvalue weighted by molar-refractivity contribution is 7.79.